The van der Waals surface area contributed by atoms with Crippen molar-refractivity contribution in [2.75, 3.05) is 19.7 Å². The van der Waals surface area contributed by atoms with Crippen LogP contribution in [0.2, 0.25) is 0 Å². The number of amides is 1. The van der Waals surface area contributed by atoms with Crippen LogP contribution in [0.1, 0.15) is 43.6 Å². The average Bonchev–Trinajstić information content (AvgIpc) is 3.05. The topological polar surface area (TPSA) is 49.8 Å². The Kier molecular flexibility index (Phi) is 5.22. The predicted octanol–water partition coefficient (Wildman–Crippen LogP) is 3.44. The number of piperidine rings is 1. The second kappa shape index (κ2) is 7.23. The normalized spacial score (nSPS) is 24.5. The van der Waals surface area contributed by atoms with E-state index in [4.69, 9.17) is 4.74 Å². The molecule has 2 heterocycles. The number of hydrogen-bond acceptors (Lipinski definition) is 3. The SMILES string of the molecule is O=C(N1CCCC(c2cc(O)cc(F)c2)C1)C(F)(F)CC1CCCO1. The number of carbonyl (C=O) groups excluding carboxylic acids is 1. The molecule has 1 aromatic carbocycles. The summed E-state index contributed by atoms with van der Waals surface area (Å²) in [6.45, 7) is 0.824. The molecular formula is C18H22F3NO3. The lowest BCUT2D eigenvalue weighted by molar-refractivity contribution is -0.163. The zero-order valence-electron chi connectivity index (χ0n) is 13.9. The third kappa shape index (κ3) is 4.26. The Morgan fingerprint density at radius 3 is 2.76 bits per heavy atom. The molecule has 0 aliphatic carbocycles. The molecule has 7 heteroatoms. The zero-order valence-corrected chi connectivity index (χ0v) is 13.9. The largest absolute Gasteiger partial charge is 0.508 e. The summed E-state index contributed by atoms with van der Waals surface area (Å²) in [4.78, 5) is 13.5. The third-order valence-electron chi connectivity index (χ3n) is 4.91. The maximum absolute atomic E-state index is 14.3. The van der Waals surface area contributed by atoms with E-state index in [1.165, 1.54) is 12.1 Å². The third-order valence-corrected chi connectivity index (χ3v) is 4.91. The number of rotatable bonds is 4. The molecular weight excluding hydrogens is 335 g/mol. The minimum atomic E-state index is -3.46. The first-order valence-corrected chi connectivity index (χ1v) is 8.63. The van der Waals surface area contributed by atoms with E-state index in [0.717, 1.165) is 17.4 Å². The van der Waals surface area contributed by atoms with Gasteiger partial charge in [0.2, 0.25) is 0 Å². The van der Waals surface area contributed by atoms with Crippen LogP contribution in [-0.4, -0.2) is 47.6 Å². The number of ether oxygens (including phenoxy) is 1. The Labute approximate surface area is 144 Å². The van der Waals surface area contributed by atoms with Crippen LogP contribution in [0.3, 0.4) is 0 Å². The molecule has 0 aromatic heterocycles. The lowest BCUT2D eigenvalue weighted by atomic mass is 9.90. The van der Waals surface area contributed by atoms with Gasteiger partial charge >= 0.3 is 5.92 Å². The highest BCUT2D eigenvalue weighted by molar-refractivity contribution is 5.83. The fourth-order valence-electron chi connectivity index (χ4n) is 3.68. The van der Waals surface area contributed by atoms with Gasteiger partial charge in [-0.1, -0.05) is 0 Å². The number of phenolic OH excluding ortho intramolecular Hbond substituents is 1. The van der Waals surface area contributed by atoms with E-state index in [0.29, 0.717) is 31.4 Å². The molecule has 138 valence electrons. The Bertz CT molecular complexity index is 612. The van der Waals surface area contributed by atoms with Crippen LogP contribution in [0.25, 0.3) is 0 Å². The van der Waals surface area contributed by atoms with Gasteiger partial charge in [0.05, 0.1) is 6.10 Å². The Hall–Kier alpha value is -1.76. The number of hydrogen-bond donors (Lipinski definition) is 1. The van der Waals surface area contributed by atoms with Crippen molar-refractivity contribution >= 4 is 5.91 Å². The summed E-state index contributed by atoms with van der Waals surface area (Å²) in [6, 6.07) is 3.69. The molecule has 2 saturated heterocycles. The number of halogens is 3. The van der Waals surface area contributed by atoms with Gasteiger partial charge in [-0.15, -0.1) is 0 Å². The van der Waals surface area contributed by atoms with Crippen molar-refractivity contribution in [3.63, 3.8) is 0 Å². The van der Waals surface area contributed by atoms with E-state index in [9.17, 15) is 23.1 Å². The lowest BCUT2D eigenvalue weighted by Crippen LogP contribution is -2.48. The van der Waals surface area contributed by atoms with E-state index in [2.05, 4.69) is 0 Å². The maximum atomic E-state index is 14.3. The Morgan fingerprint density at radius 2 is 2.08 bits per heavy atom. The number of likely N-dealkylation sites (tertiary alicyclic amines) is 1. The molecule has 1 amide bonds. The highest BCUT2D eigenvalue weighted by Gasteiger charge is 2.45. The molecule has 2 aliphatic heterocycles. The number of carbonyl (C=O) groups is 1. The smallest absolute Gasteiger partial charge is 0.327 e. The van der Waals surface area contributed by atoms with Crippen LogP contribution < -0.4 is 0 Å². The van der Waals surface area contributed by atoms with Crippen LogP contribution in [0.5, 0.6) is 5.75 Å². The molecule has 1 N–H and O–H groups in total. The molecule has 1 aromatic rings. The summed E-state index contributed by atoms with van der Waals surface area (Å²) in [5.74, 6) is -5.70. The van der Waals surface area contributed by atoms with Gasteiger partial charge in [-0.05, 0) is 43.4 Å². The first kappa shape index (κ1) is 18.0. The van der Waals surface area contributed by atoms with E-state index < -0.39 is 30.2 Å². The maximum Gasteiger partial charge on any atom is 0.327 e. The molecule has 0 radical (unpaired) electrons. The summed E-state index contributed by atoms with van der Waals surface area (Å²) in [6.07, 6.45) is 1.35. The van der Waals surface area contributed by atoms with Crippen molar-refractivity contribution in [1.29, 1.82) is 0 Å². The van der Waals surface area contributed by atoms with E-state index in [-0.39, 0.29) is 24.8 Å². The van der Waals surface area contributed by atoms with Crippen LogP contribution in [-0.2, 0) is 9.53 Å². The van der Waals surface area contributed by atoms with Crippen molar-refractivity contribution in [3.8, 4) is 5.75 Å². The van der Waals surface area contributed by atoms with Gasteiger partial charge < -0.3 is 14.7 Å². The van der Waals surface area contributed by atoms with Gasteiger partial charge in [0.1, 0.15) is 11.6 Å². The van der Waals surface area contributed by atoms with Crippen molar-refractivity contribution in [3.05, 3.63) is 29.6 Å². The summed E-state index contributed by atoms with van der Waals surface area (Å²) in [5.41, 5.74) is 0.525. The quantitative estimate of drug-likeness (QED) is 0.898. The molecule has 2 unspecified atom stereocenters. The summed E-state index contributed by atoms with van der Waals surface area (Å²) in [5, 5.41) is 9.53. The van der Waals surface area contributed by atoms with Crippen LogP contribution in [0, 0.1) is 5.82 Å². The number of benzene rings is 1. The summed E-state index contributed by atoms with van der Waals surface area (Å²) in [7, 11) is 0. The van der Waals surface area contributed by atoms with Gasteiger partial charge in [0.25, 0.3) is 5.91 Å². The van der Waals surface area contributed by atoms with Crippen LogP contribution >= 0.6 is 0 Å². The molecule has 4 nitrogen and oxygen atoms in total. The fraction of sp³-hybridized carbons (Fsp3) is 0.611. The van der Waals surface area contributed by atoms with Crippen molar-refractivity contribution < 1.29 is 27.8 Å². The Balaban J connectivity index is 1.68. The molecule has 0 spiro atoms. The van der Waals surface area contributed by atoms with Crippen molar-refractivity contribution in [2.24, 2.45) is 0 Å². The summed E-state index contributed by atoms with van der Waals surface area (Å²) < 4.78 is 47.4. The zero-order chi connectivity index (χ0) is 18.0. The van der Waals surface area contributed by atoms with Gasteiger partial charge in [-0.25, -0.2) is 4.39 Å². The molecule has 2 aliphatic rings. The minimum Gasteiger partial charge on any atom is -0.508 e. The standard InChI is InChI=1S/C18H22F3NO3/c19-14-7-13(8-15(23)9-14)12-3-1-5-22(11-12)17(24)18(20,21)10-16-4-2-6-25-16/h7-9,12,16,23H,1-6,10-11H2. The van der Waals surface area contributed by atoms with Crippen molar-refractivity contribution in [1.82, 2.24) is 4.90 Å². The molecule has 0 bridgehead atoms. The first-order chi connectivity index (χ1) is 11.8. The minimum absolute atomic E-state index is 0.100. The van der Waals surface area contributed by atoms with Crippen molar-refractivity contribution in [2.45, 2.75) is 50.0 Å². The van der Waals surface area contributed by atoms with Crippen LogP contribution in [0.15, 0.2) is 18.2 Å². The van der Waals surface area contributed by atoms with E-state index in [1.807, 2.05) is 0 Å². The van der Waals surface area contributed by atoms with Gasteiger partial charge in [0.15, 0.2) is 0 Å². The molecule has 2 fully saturated rings. The first-order valence-electron chi connectivity index (χ1n) is 8.63. The number of nitrogens with zero attached hydrogens (tertiary/aromatic N) is 1. The second-order valence-corrected chi connectivity index (χ2v) is 6.88. The van der Waals surface area contributed by atoms with E-state index in [1.54, 1.807) is 0 Å². The fourth-order valence-corrected chi connectivity index (χ4v) is 3.68. The van der Waals surface area contributed by atoms with Crippen LogP contribution in [0.4, 0.5) is 13.2 Å². The molecule has 2 atom stereocenters. The molecule has 0 saturated carbocycles. The molecule has 3 rings (SSSR count). The number of phenols is 1. The summed E-state index contributed by atoms with van der Waals surface area (Å²) >= 11 is 0. The van der Waals surface area contributed by atoms with Gasteiger partial charge in [-0.3, -0.25) is 4.79 Å². The van der Waals surface area contributed by atoms with E-state index >= 15 is 0 Å². The average molecular weight is 357 g/mol. The number of aromatic hydroxyl groups is 1. The predicted molar refractivity (Wildman–Crippen MR) is 85.2 cm³/mol. The second-order valence-electron chi connectivity index (χ2n) is 6.88. The highest BCUT2D eigenvalue weighted by atomic mass is 19.3. The van der Waals surface area contributed by atoms with Gasteiger partial charge in [0, 0.05) is 38.1 Å². The highest BCUT2D eigenvalue weighted by Crippen LogP contribution is 2.34. The lowest BCUT2D eigenvalue weighted by Gasteiger charge is -2.35. The Morgan fingerprint density at radius 1 is 1.28 bits per heavy atom. The molecule has 25 heavy (non-hydrogen) atoms. The van der Waals surface area contributed by atoms with Gasteiger partial charge in [-0.2, -0.15) is 8.78 Å². The monoisotopic (exact) mass is 357 g/mol. The number of alkyl halides is 2.